The Balaban J connectivity index is 1.15. The van der Waals surface area contributed by atoms with Gasteiger partial charge in [0.05, 0.1) is 5.56 Å². The van der Waals surface area contributed by atoms with Crippen molar-refractivity contribution in [2.45, 2.75) is 50.6 Å². The van der Waals surface area contributed by atoms with Crippen molar-refractivity contribution in [1.82, 2.24) is 20.0 Å². The molecule has 0 radical (unpaired) electrons. The predicted octanol–water partition coefficient (Wildman–Crippen LogP) is 2.47. The van der Waals surface area contributed by atoms with Gasteiger partial charge < -0.3 is 20.0 Å². The van der Waals surface area contributed by atoms with E-state index in [4.69, 9.17) is 0 Å². The van der Waals surface area contributed by atoms with Crippen molar-refractivity contribution in [1.29, 1.82) is 0 Å². The van der Waals surface area contributed by atoms with Crippen molar-refractivity contribution in [3.8, 4) is 0 Å². The first-order valence-electron chi connectivity index (χ1n) is 11.9. The molecule has 4 saturated heterocycles. The van der Waals surface area contributed by atoms with E-state index in [9.17, 15) is 18.8 Å². The van der Waals surface area contributed by atoms with Crippen LogP contribution in [0.2, 0.25) is 0 Å². The third kappa shape index (κ3) is 4.07. The average molecular weight is 443 g/mol. The number of rotatable bonds is 2. The third-order valence-electron chi connectivity index (χ3n) is 7.67. The fourth-order valence-corrected chi connectivity index (χ4v) is 6.09. The number of likely N-dealkylation sites (tertiary alicyclic amines) is 2. The maximum Gasteiger partial charge on any atom is 0.320 e. The Labute approximate surface area is 187 Å². The van der Waals surface area contributed by atoms with Gasteiger partial charge in [-0.1, -0.05) is 12.1 Å². The molecule has 7 nitrogen and oxygen atoms in total. The molecule has 4 fully saturated rings. The largest absolute Gasteiger partial charge is 0.349 e. The van der Waals surface area contributed by atoms with E-state index in [1.165, 1.54) is 12.1 Å². The van der Waals surface area contributed by atoms with Crippen molar-refractivity contribution >= 4 is 17.8 Å². The Morgan fingerprint density at radius 2 is 1.78 bits per heavy atom. The van der Waals surface area contributed by atoms with Gasteiger partial charge in [-0.2, -0.15) is 0 Å². The zero-order valence-corrected chi connectivity index (χ0v) is 18.3. The van der Waals surface area contributed by atoms with Crippen LogP contribution in [0, 0.1) is 17.7 Å². The first-order chi connectivity index (χ1) is 15.5. The van der Waals surface area contributed by atoms with Gasteiger partial charge in [0.25, 0.3) is 5.91 Å². The quantitative estimate of drug-likeness (QED) is 0.765. The Morgan fingerprint density at radius 3 is 2.56 bits per heavy atom. The molecule has 0 spiro atoms. The second-order valence-corrected chi connectivity index (χ2v) is 9.77. The van der Waals surface area contributed by atoms with Crippen LogP contribution in [0.5, 0.6) is 0 Å². The number of nitrogens with one attached hydrogen (secondary N) is 1. The summed E-state index contributed by atoms with van der Waals surface area (Å²) in [5.41, 5.74) is 0.0566. The number of benzene rings is 1. The van der Waals surface area contributed by atoms with Crippen LogP contribution in [0.1, 0.15) is 48.9 Å². The minimum atomic E-state index is -0.522. The molecule has 1 aromatic carbocycles. The van der Waals surface area contributed by atoms with E-state index < -0.39 is 11.7 Å². The molecule has 4 aliphatic rings. The molecule has 1 N–H and O–H groups in total. The minimum Gasteiger partial charge on any atom is -0.349 e. The summed E-state index contributed by atoms with van der Waals surface area (Å²) in [7, 11) is 0. The number of piperidine rings is 4. The Hall–Kier alpha value is -2.64. The molecule has 2 unspecified atom stereocenters. The molecular weight excluding hydrogens is 411 g/mol. The Morgan fingerprint density at radius 1 is 1.00 bits per heavy atom. The van der Waals surface area contributed by atoms with Crippen molar-refractivity contribution in [3.63, 3.8) is 0 Å². The van der Waals surface area contributed by atoms with Crippen LogP contribution < -0.4 is 5.32 Å². The van der Waals surface area contributed by atoms with Gasteiger partial charge in [-0.05, 0) is 56.1 Å². The molecule has 3 atom stereocenters. The first-order valence-corrected chi connectivity index (χ1v) is 11.9. The van der Waals surface area contributed by atoms with E-state index in [1.807, 2.05) is 9.80 Å². The fraction of sp³-hybridized carbons (Fsp3) is 0.625. The molecule has 0 saturated carbocycles. The fourth-order valence-electron chi connectivity index (χ4n) is 6.09. The van der Waals surface area contributed by atoms with Gasteiger partial charge in [0.15, 0.2) is 0 Å². The average Bonchev–Trinajstić information content (AvgIpc) is 2.80. The number of hydrogen-bond donors (Lipinski definition) is 1. The lowest BCUT2D eigenvalue weighted by molar-refractivity contribution is -0.144. The van der Waals surface area contributed by atoms with E-state index in [-0.39, 0.29) is 23.5 Å². The zero-order chi connectivity index (χ0) is 22.2. The van der Waals surface area contributed by atoms with Gasteiger partial charge in [0.1, 0.15) is 5.82 Å². The highest BCUT2D eigenvalue weighted by Crippen LogP contribution is 2.38. The Kier molecular flexibility index (Phi) is 5.78. The molecule has 2 bridgehead atoms. The highest BCUT2D eigenvalue weighted by Gasteiger charge is 2.45. The molecule has 0 aliphatic carbocycles. The predicted molar refractivity (Wildman–Crippen MR) is 116 cm³/mol. The van der Waals surface area contributed by atoms with E-state index in [0.717, 1.165) is 38.9 Å². The second kappa shape index (κ2) is 8.71. The van der Waals surface area contributed by atoms with E-state index in [2.05, 4.69) is 10.2 Å². The minimum absolute atomic E-state index is 0.0566. The number of amides is 4. The van der Waals surface area contributed by atoms with Crippen LogP contribution in [-0.4, -0.2) is 77.4 Å². The van der Waals surface area contributed by atoms with Crippen LogP contribution >= 0.6 is 0 Å². The second-order valence-electron chi connectivity index (χ2n) is 9.77. The van der Waals surface area contributed by atoms with Crippen LogP contribution in [0.15, 0.2) is 24.3 Å². The van der Waals surface area contributed by atoms with Crippen molar-refractivity contribution in [2.24, 2.45) is 11.8 Å². The zero-order valence-electron chi connectivity index (χ0n) is 18.3. The summed E-state index contributed by atoms with van der Waals surface area (Å²) in [5, 5.41) is 2.91. The molecule has 32 heavy (non-hydrogen) atoms. The van der Waals surface area contributed by atoms with E-state index in [0.29, 0.717) is 50.2 Å². The normalized spacial score (nSPS) is 28.3. The van der Waals surface area contributed by atoms with Gasteiger partial charge in [-0.25, -0.2) is 9.18 Å². The summed E-state index contributed by atoms with van der Waals surface area (Å²) in [5.74, 6) is 0.118. The third-order valence-corrected chi connectivity index (χ3v) is 7.67. The SMILES string of the molecule is O=C(NC1CCN(C(=O)N2CC3CC(C2)[C@H]2CCCC(=O)N2C3)CC1)c1ccccc1F. The van der Waals surface area contributed by atoms with Gasteiger partial charge in [0.2, 0.25) is 5.91 Å². The number of fused-ring (bicyclic) bond motifs is 4. The molecule has 0 aromatic heterocycles. The van der Waals surface area contributed by atoms with Crippen molar-refractivity contribution < 1.29 is 18.8 Å². The molecule has 172 valence electrons. The summed E-state index contributed by atoms with van der Waals surface area (Å²) in [6, 6.07) is 6.29. The molecule has 5 rings (SSSR count). The summed E-state index contributed by atoms with van der Waals surface area (Å²) in [6.07, 6.45) is 5.12. The lowest BCUT2D eigenvalue weighted by atomic mass is 9.76. The summed E-state index contributed by atoms with van der Waals surface area (Å²) in [4.78, 5) is 43.9. The van der Waals surface area contributed by atoms with E-state index >= 15 is 0 Å². The van der Waals surface area contributed by atoms with Gasteiger partial charge >= 0.3 is 6.03 Å². The number of carbonyl (C=O) groups is 3. The Bertz CT molecular complexity index is 901. The van der Waals surface area contributed by atoms with Crippen LogP contribution in [-0.2, 0) is 4.79 Å². The summed E-state index contributed by atoms with van der Waals surface area (Å²) in [6.45, 7) is 3.40. The maximum absolute atomic E-state index is 13.8. The number of urea groups is 1. The van der Waals surface area contributed by atoms with Crippen molar-refractivity contribution in [2.75, 3.05) is 32.7 Å². The highest BCUT2D eigenvalue weighted by molar-refractivity contribution is 5.94. The van der Waals surface area contributed by atoms with E-state index in [1.54, 1.807) is 12.1 Å². The first kappa shape index (κ1) is 21.2. The standard InChI is InChI=1S/C24H31FN4O3/c25-20-5-2-1-4-19(20)23(31)26-18-8-10-27(11-9-18)24(32)28-13-16-12-17(15-28)21-6-3-7-22(30)29(21)14-16/h1-2,4-5,16-18,21H,3,6-15H2,(H,26,31)/t16?,17?,21-/m1/s1. The van der Waals surface area contributed by atoms with Crippen molar-refractivity contribution in [3.05, 3.63) is 35.6 Å². The number of hydrogen-bond acceptors (Lipinski definition) is 3. The molecule has 4 heterocycles. The molecule has 8 heteroatoms. The molecular formula is C24H31FN4O3. The smallest absolute Gasteiger partial charge is 0.320 e. The van der Waals surface area contributed by atoms with Crippen LogP contribution in [0.3, 0.4) is 0 Å². The summed E-state index contributed by atoms with van der Waals surface area (Å²) >= 11 is 0. The maximum atomic E-state index is 13.8. The molecule has 4 aliphatic heterocycles. The monoisotopic (exact) mass is 442 g/mol. The lowest BCUT2D eigenvalue weighted by Gasteiger charge is -2.53. The van der Waals surface area contributed by atoms with Gasteiger partial charge in [0, 0.05) is 51.2 Å². The summed E-state index contributed by atoms with van der Waals surface area (Å²) < 4.78 is 13.8. The van der Waals surface area contributed by atoms with Crippen LogP contribution in [0.4, 0.5) is 9.18 Å². The number of carbonyl (C=O) groups excluding carboxylic acids is 3. The number of nitrogens with zero attached hydrogens (tertiary/aromatic N) is 3. The molecule has 1 aromatic rings. The van der Waals surface area contributed by atoms with Gasteiger partial charge in [-0.15, -0.1) is 0 Å². The lowest BCUT2D eigenvalue weighted by Crippen LogP contribution is -2.62. The van der Waals surface area contributed by atoms with Crippen LogP contribution in [0.25, 0.3) is 0 Å². The topological polar surface area (TPSA) is 73.0 Å². The number of halogens is 1. The highest BCUT2D eigenvalue weighted by atomic mass is 19.1. The molecule has 4 amide bonds. The van der Waals surface area contributed by atoms with Gasteiger partial charge in [-0.3, -0.25) is 9.59 Å².